The molecule has 1 saturated carbocycles. The van der Waals surface area contributed by atoms with E-state index in [2.05, 4.69) is 10.4 Å². The quantitative estimate of drug-likeness (QED) is 0.796. The van der Waals surface area contributed by atoms with E-state index in [-0.39, 0.29) is 29.7 Å². The molecule has 1 aliphatic rings. The summed E-state index contributed by atoms with van der Waals surface area (Å²) in [5, 5.41) is 26.2. The van der Waals surface area contributed by atoms with Gasteiger partial charge < -0.3 is 15.5 Å². The Balaban J connectivity index is 1.79. The Morgan fingerprint density at radius 3 is 2.82 bits per heavy atom. The first-order valence-electron chi connectivity index (χ1n) is 7.29. The van der Waals surface area contributed by atoms with Crippen LogP contribution in [-0.2, 0) is 7.05 Å². The Labute approximate surface area is 128 Å². The van der Waals surface area contributed by atoms with Crippen molar-refractivity contribution in [1.82, 2.24) is 15.1 Å². The lowest BCUT2D eigenvalue weighted by Gasteiger charge is -2.37. The van der Waals surface area contributed by atoms with E-state index >= 15 is 0 Å². The fraction of sp³-hybridized carbons (Fsp3) is 0.375. The highest BCUT2D eigenvalue weighted by Crippen LogP contribution is 2.38. The Morgan fingerprint density at radius 2 is 2.23 bits per heavy atom. The highest BCUT2D eigenvalue weighted by atomic mass is 16.3. The molecule has 1 aromatic carbocycles. The molecule has 6 nitrogen and oxygen atoms in total. The van der Waals surface area contributed by atoms with Gasteiger partial charge >= 0.3 is 0 Å². The van der Waals surface area contributed by atoms with Crippen molar-refractivity contribution in [2.45, 2.75) is 25.0 Å². The molecule has 1 fully saturated rings. The SMILES string of the molecule is Cn1cc([C@@H](NC(=O)c2cccc(O)c2)C2CC(O)C2)cn1. The third kappa shape index (κ3) is 2.96. The van der Waals surface area contributed by atoms with Gasteiger partial charge in [0.15, 0.2) is 0 Å². The summed E-state index contributed by atoms with van der Waals surface area (Å²) in [7, 11) is 1.83. The lowest BCUT2D eigenvalue weighted by molar-refractivity contribution is 0.0235. The third-order valence-electron chi connectivity index (χ3n) is 4.10. The van der Waals surface area contributed by atoms with E-state index in [1.165, 1.54) is 12.1 Å². The van der Waals surface area contributed by atoms with Crippen LogP contribution in [0.1, 0.15) is 34.8 Å². The second kappa shape index (κ2) is 5.81. The van der Waals surface area contributed by atoms with Gasteiger partial charge in [0.05, 0.1) is 18.3 Å². The van der Waals surface area contributed by atoms with Gasteiger partial charge in [-0.15, -0.1) is 0 Å². The molecular formula is C16H19N3O3. The van der Waals surface area contributed by atoms with Gasteiger partial charge in [-0.3, -0.25) is 9.48 Å². The summed E-state index contributed by atoms with van der Waals surface area (Å²) in [5.74, 6) is 0.0104. The standard InChI is InChI=1S/C16H19N3O3/c1-19-9-12(8-17-19)15(11-6-14(21)7-11)18-16(22)10-3-2-4-13(20)5-10/h2-5,8-9,11,14-15,20-21H,6-7H2,1H3,(H,18,22)/t11?,14?,15-/m0/s1. The first-order chi connectivity index (χ1) is 10.5. The summed E-state index contributed by atoms with van der Waals surface area (Å²) in [6.07, 6.45) is 4.65. The number of benzene rings is 1. The van der Waals surface area contributed by atoms with E-state index in [1.54, 1.807) is 23.0 Å². The van der Waals surface area contributed by atoms with Crippen molar-refractivity contribution in [2.75, 3.05) is 0 Å². The largest absolute Gasteiger partial charge is 0.508 e. The fourth-order valence-electron chi connectivity index (χ4n) is 2.85. The number of hydrogen-bond donors (Lipinski definition) is 3. The number of hydrogen-bond acceptors (Lipinski definition) is 4. The van der Waals surface area contributed by atoms with Crippen LogP contribution in [0.3, 0.4) is 0 Å². The Bertz CT molecular complexity index is 677. The summed E-state index contributed by atoms with van der Waals surface area (Å²) in [6, 6.07) is 6.07. The van der Waals surface area contributed by atoms with Gasteiger partial charge in [-0.05, 0) is 37.0 Å². The average molecular weight is 301 g/mol. The normalized spacial score (nSPS) is 21.9. The second-order valence-electron chi connectivity index (χ2n) is 5.83. The van der Waals surface area contributed by atoms with Gasteiger partial charge in [-0.25, -0.2) is 0 Å². The summed E-state index contributed by atoms with van der Waals surface area (Å²) >= 11 is 0. The number of carbonyl (C=O) groups is 1. The monoisotopic (exact) mass is 301 g/mol. The maximum Gasteiger partial charge on any atom is 0.251 e. The fourth-order valence-corrected chi connectivity index (χ4v) is 2.85. The number of aryl methyl sites for hydroxylation is 1. The van der Waals surface area contributed by atoms with Gasteiger partial charge in [0.1, 0.15) is 5.75 Å². The van der Waals surface area contributed by atoms with Crippen molar-refractivity contribution in [3.63, 3.8) is 0 Å². The minimum absolute atomic E-state index is 0.0599. The molecule has 1 heterocycles. The van der Waals surface area contributed by atoms with Gasteiger partial charge in [0.2, 0.25) is 0 Å². The number of aromatic hydroxyl groups is 1. The molecule has 2 aromatic rings. The highest BCUT2D eigenvalue weighted by molar-refractivity contribution is 5.94. The molecule has 1 atom stereocenters. The van der Waals surface area contributed by atoms with Crippen LogP contribution in [0.15, 0.2) is 36.7 Å². The van der Waals surface area contributed by atoms with Gasteiger partial charge in [0, 0.05) is 24.4 Å². The van der Waals surface area contributed by atoms with Gasteiger partial charge in [-0.2, -0.15) is 5.10 Å². The summed E-state index contributed by atoms with van der Waals surface area (Å²) in [6.45, 7) is 0. The molecule has 1 aliphatic carbocycles. The highest BCUT2D eigenvalue weighted by Gasteiger charge is 2.36. The lowest BCUT2D eigenvalue weighted by atomic mass is 9.75. The molecular weight excluding hydrogens is 282 g/mol. The molecule has 1 aromatic heterocycles. The number of nitrogens with one attached hydrogen (secondary N) is 1. The number of aliphatic hydroxyl groups is 1. The number of aromatic nitrogens is 2. The number of amides is 1. The van der Waals surface area contributed by atoms with Crippen LogP contribution in [0, 0.1) is 5.92 Å². The summed E-state index contributed by atoms with van der Waals surface area (Å²) in [5.41, 5.74) is 1.33. The van der Waals surface area contributed by atoms with Crippen molar-refractivity contribution in [3.8, 4) is 5.75 Å². The average Bonchev–Trinajstić information content (AvgIpc) is 2.88. The van der Waals surface area contributed by atoms with E-state index in [0.717, 1.165) is 5.56 Å². The third-order valence-corrected chi connectivity index (χ3v) is 4.10. The Morgan fingerprint density at radius 1 is 1.45 bits per heavy atom. The van der Waals surface area contributed by atoms with Gasteiger partial charge in [0.25, 0.3) is 5.91 Å². The second-order valence-corrected chi connectivity index (χ2v) is 5.83. The van der Waals surface area contributed by atoms with Crippen LogP contribution in [-0.4, -0.2) is 32.0 Å². The molecule has 22 heavy (non-hydrogen) atoms. The van der Waals surface area contributed by atoms with Crippen molar-refractivity contribution in [3.05, 3.63) is 47.8 Å². The predicted octanol–water partition coefficient (Wildman–Crippen LogP) is 1.37. The maximum absolute atomic E-state index is 12.4. The van der Waals surface area contributed by atoms with Crippen LogP contribution in [0.4, 0.5) is 0 Å². The van der Waals surface area contributed by atoms with E-state index in [1.807, 2.05) is 13.2 Å². The number of phenolic OH excluding ortho intramolecular Hbond substituents is 1. The first-order valence-corrected chi connectivity index (χ1v) is 7.29. The molecule has 0 radical (unpaired) electrons. The minimum atomic E-state index is -0.290. The van der Waals surface area contributed by atoms with Crippen LogP contribution < -0.4 is 5.32 Å². The molecule has 116 valence electrons. The molecule has 0 unspecified atom stereocenters. The first kappa shape index (κ1) is 14.6. The Hall–Kier alpha value is -2.34. The number of rotatable bonds is 4. The van der Waals surface area contributed by atoms with Crippen LogP contribution in [0.2, 0.25) is 0 Å². The van der Waals surface area contributed by atoms with Crippen molar-refractivity contribution in [2.24, 2.45) is 13.0 Å². The van der Waals surface area contributed by atoms with E-state index in [9.17, 15) is 15.0 Å². The molecule has 0 spiro atoms. The zero-order chi connectivity index (χ0) is 15.7. The summed E-state index contributed by atoms with van der Waals surface area (Å²) < 4.78 is 1.69. The van der Waals surface area contributed by atoms with Crippen molar-refractivity contribution in [1.29, 1.82) is 0 Å². The number of aliphatic hydroxyl groups excluding tert-OH is 1. The topological polar surface area (TPSA) is 87.4 Å². The van der Waals surface area contributed by atoms with E-state index in [0.29, 0.717) is 18.4 Å². The van der Waals surface area contributed by atoms with Crippen LogP contribution in [0.5, 0.6) is 5.75 Å². The molecule has 0 aliphatic heterocycles. The molecule has 6 heteroatoms. The lowest BCUT2D eigenvalue weighted by Crippen LogP contribution is -2.41. The molecule has 1 amide bonds. The van der Waals surface area contributed by atoms with Gasteiger partial charge in [-0.1, -0.05) is 6.07 Å². The van der Waals surface area contributed by atoms with Crippen molar-refractivity contribution < 1.29 is 15.0 Å². The van der Waals surface area contributed by atoms with Crippen molar-refractivity contribution >= 4 is 5.91 Å². The van der Waals surface area contributed by atoms with Crippen LogP contribution in [0.25, 0.3) is 0 Å². The number of carbonyl (C=O) groups excluding carboxylic acids is 1. The molecule has 0 saturated heterocycles. The number of phenols is 1. The maximum atomic E-state index is 12.4. The zero-order valence-electron chi connectivity index (χ0n) is 12.3. The minimum Gasteiger partial charge on any atom is -0.508 e. The predicted molar refractivity (Wildman–Crippen MR) is 80.3 cm³/mol. The summed E-state index contributed by atoms with van der Waals surface area (Å²) in [4.78, 5) is 12.4. The van der Waals surface area contributed by atoms with E-state index in [4.69, 9.17) is 0 Å². The molecule has 3 rings (SSSR count). The molecule has 0 bridgehead atoms. The van der Waals surface area contributed by atoms with E-state index < -0.39 is 0 Å². The van der Waals surface area contributed by atoms with Crippen LogP contribution >= 0.6 is 0 Å². The molecule has 3 N–H and O–H groups in total. The smallest absolute Gasteiger partial charge is 0.251 e. The number of nitrogens with zero attached hydrogens (tertiary/aromatic N) is 2. The Kier molecular flexibility index (Phi) is 3.85. The zero-order valence-corrected chi connectivity index (χ0v) is 12.3.